The molecular weight excluding hydrogens is 336 g/mol. The van der Waals surface area contributed by atoms with Gasteiger partial charge in [0.15, 0.2) is 0 Å². The van der Waals surface area contributed by atoms with Crippen molar-refractivity contribution in [3.63, 3.8) is 0 Å². The van der Waals surface area contributed by atoms with Crippen LogP contribution in [0.25, 0.3) is 11.1 Å². The molecule has 0 aromatic heterocycles. The molecule has 3 rings (SSSR count). The number of aliphatic carboxylic acids is 1. The van der Waals surface area contributed by atoms with Crippen molar-refractivity contribution in [3.05, 3.63) is 84.4 Å². The summed E-state index contributed by atoms with van der Waals surface area (Å²) in [5, 5.41) is 8.89. The highest BCUT2D eigenvalue weighted by Crippen LogP contribution is 2.26. The Balaban J connectivity index is 2.02. The SMILES string of the molecule is O=C(O)Cc1cccc(S(=O)(=O)c2cccc(-c3ccccc3)c2)c1. The third kappa shape index (κ3) is 3.78. The van der Waals surface area contributed by atoms with Gasteiger partial charge < -0.3 is 5.11 Å². The molecule has 0 radical (unpaired) electrons. The van der Waals surface area contributed by atoms with Gasteiger partial charge in [0, 0.05) is 0 Å². The summed E-state index contributed by atoms with van der Waals surface area (Å²) in [4.78, 5) is 11.1. The minimum absolute atomic E-state index is 0.0939. The van der Waals surface area contributed by atoms with E-state index < -0.39 is 15.8 Å². The van der Waals surface area contributed by atoms with Crippen molar-refractivity contribution in [2.45, 2.75) is 16.2 Å². The van der Waals surface area contributed by atoms with Crippen LogP contribution >= 0.6 is 0 Å². The third-order valence-corrected chi connectivity index (χ3v) is 5.56. The first-order valence-corrected chi connectivity index (χ1v) is 9.16. The van der Waals surface area contributed by atoms with E-state index in [-0.39, 0.29) is 16.2 Å². The number of hydrogen-bond donors (Lipinski definition) is 1. The topological polar surface area (TPSA) is 71.4 Å². The Bertz CT molecular complexity index is 1010. The molecule has 1 N–H and O–H groups in total. The maximum Gasteiger partial charge on any atom is 0.307 e. The summed E-state index contributed by atoms with van der Waals surface area (Å²) < 4.78 is 25.8. The van der Waals surface area contributed by atoms with Gasteiger partial charge >= 0.3 is 5.97 Å². The molecule has 0 amide bonds. The van der Waals surface area contributed by atoms with E-state index in [2.05, 4.69) is 0 Å². The van der Waals surface area contributed by atoms with E-state index in [0.29, 0.717) is 5.56 Å². The second-order valence-electron chi connectivity index (χ2n) is 5.62. The zero-order chi connectivity index (χ0) is 17.9. The molecule has 0 unspecified atom stereocenters. The Morgan fingerprint density at radius 3 is 2.04 bits per heavy atom. The van der Waals surface area contributed by atoms with E-state index in [4.69, 9.17) is 5.11 Å². The Morgan fingerprint density at radius 1 is 0.760 bits per heavy atom. The fourth-order valence-corrected chi connectivity index (χ4v) is 3.98. The van der Waals surface area contributed by atoms with Crippen LogP contribution in [0.15, 0.2) is 88.7 Å². The van der Waals surface area contributed by atoms with E-state index in [9.17, 15) is 13.2 Å². The number of hydrogen-bond acceptors (Lipinski definition) is 3. The summed E-state index contributed by atoms with van der Waals surface area (Å²) in [5.41, 5.74) is 2.19. The summed E-state index contributed by atoms with van der Waals surface area (Å²) >= 11 is 0. The largest absolute Gasteiger partial charge is 0.481 e. The number of benzene rings is 3. The van der Waals surface area contributed by atoms with Gasteiger partial charge in [0.05, 0.1) is 16.2 Å². The summed E-state index contributed by atoms with van der Waals surface area (Å²) in [6.07, 6.45) is -0.215. The van der Waals surface area contributed by atoms with E-state index in [1.165, 1.54) is 12.1 Å². The lowest BCUT2D eigenvalue weighted by atomic mass is 10.1. The minimum Gasteiger partial charge on any atom is -0.481 e. The molecule has 0 atom stereocenters. The van der Waals surface area contributed by atoms with E-state index in [0.717, 1.165) is 11.1 Å². The second kappa shape index (κ2) is 6.91. The van der Waals surface area contributed by atoms with E-state index in [1.54, 1.807) is 30.3 Å². The highest BCUT2D eigenvalue weighted by atomic mass is 32.2. The zero-order valence-electron chi connectivity index (χ0n) is 13.3. The van der Waals surface area contributed by atoms with Crippen molar-refractivity contribution in [2.75, 3.05) is 0 Å². The maximum absolute atomic E-state index is 12.9. The monoisotopic (exact) mass is 352 g/mol. The van der Waals surface area contributed by atoms with Crippen LogP contribution in [0.3, 0.4) is 0 Å². The van der Waals surface area contributed by atoms with Crippen LogP contribution in [0, 0.1) is 0 Å². The Kier molecular flexibility index (Phi) is 4.67. The molecule has 3 aromatic rings. The average Bonchev–Trinajstić information content (AvgIpc) is 2.62. The molecule has 0 heterocycles. The zero-order valence-corrected chi connectivity index (χ0v) is 14.1. The van der Waals surface area contributed by atoms with Gasteiger partial charge in [-0.2, -0.15) is 0 Å². The minimum atomic E-state index is -3.72. The van der Waals surface area contributed by atoms with Crippen molar-refractivity contribution in [2.24, 2.45) is 0 Å². The number of carboxylic acid groups (broad SMARTS) is 1. The lowest BCUT2D eigenvalue weighted by Gasteiger charge is -2.08. The normalized spacial score (nSPS) is 11.2. The summed E-state index contributed by atoms with van der Waals surface area (Å²) in [5.74, 6) is -0.999. The van der Waals surface area contributed by atoms with Gasteiger partial charge in [-0.3, -0.25) is 4.79 Å². The third-order valence-electron chi connectivity index (χ3n) is 3.82. The quantitative estimate of drug-likeness (QED) is 0.758. The number of carbonyl (C=O) groups is 1. The van der Waals surface area contributed by atoms with Gasteiger partial charge in [-0.15, -0.1) is 0 Å². The van der Waals surface area contributed by atoms with Gasteiger partial charge in [-0.25, -0.2) is 8.42 Å². The van der Waals surface area contributed by atoms with Crippen LogP contribution in [0.2, 0.25) is 0 Å². The molecule has 0 bridgehead atoms. The lowest BCUT2D eigenvalue weighted by Crippen LogP contribution is -2.05. The van der Waals surface area contributed by atoms with Gasteiger partial charge in [0.25, 0.3) is 0 Å². The average molecular weight is 352 g/mol. The Morgan fingerprint density at radius 2 is 1.36 bits per heavy atom. The van der Waals surface area contributed by atoms with Gasteiger partial charge in [0.2, 0.25) is 9.84 Å². The predicted molar refractivity (Wildman–Crippen MR) is 95.1 cm³/mol. The van der Waals surface area contributed by atoms with Crippen LogP contribution in [0.5, 0.6) is 0 Å². The van der Waals surface area contributed by atoms with Gasteiger partial charge in [0.1, 0.15) is 0 Å². The fraction of sp³-hybridized carbons (Fsp3) is 0.0500. The van der Waals surface area contributed by atoms with Crippen molar-refractivity contribution in [1.29, 1.82) is 0 Å². The van der Waals surface area contributed by atoms with Crippen LogP contribution < -0.4 is 0 Å². The molecule has 0 spiro atoms. The molecule has 0 saturated heterocycles. The van der Waals surface area contributed by atoms with Crippen molar-refractivity contribution < 1.29 is 18.3 Å². The first-order chi connectivity index (χ1) is 12.0. The van der Waals surface area contributed by atoms with Gasteiger partial charge in [-0.05, 0) is 41.0 Å². The molecule has 0 aliphatic carbocycles. The molecule has 3 aromatic carbocycles. The van der Waals surface area contributed by atoms with Crippen LogP contribution in [0.4, 0.5) is 0 Å². The molecule has 25 heavy (non-hydrogen) atoms. The summed E-state index contributed by atoms with van der Waals surface area (Å²) in [6.45, 7) is 0. The standard InChI is InChI=1S/C20H16O4S/c21-20(22)13-15-6-4-10-18(12-15)25(23,24)19-11-5-9-17(14-19)16-7-2-1-3-8-16/h1-12,14H,13H2,(H,21,22). The number of carboxylic acids is 1. The lowest BCUT2D eigenvalue weighted by molar-refractivity contribution is -0.136. The van der Waals surface area contributed by atoms with E-state index in [1.807, 2.05) is 36.4 Å². The molecule has 4 nitrogen and oxygen atoms in total. The molecule has 126 valence electrons. The maximum atomic E-state index is 12.9. The summed E-state index contributed by atoms with van der Waals surface area (Å²) in [7, 11) is -3.72. The highest BCUT2D eigenvalue weighted by Gasteiger charge is 2.19. The van der Waals surface area contributed by atoms with E-state index >= 15 is 0 Å². The van der Waals surface area contributed by atoms with Crippen LogP contribution in [-0.2, 0) is 21.1 Å². The van der Waals surface area contributed by atoms with Crippen LogP contribution in [-0.4, -0.2) is 19.5 Å². The number of rotatable bonds is 5. The smallest absolute Gasteiger partial charge is 0.307 e. The molecule has 0 aliphatic rings. The van der Waals surface area contributed by atoms with Crippen molar-refractivity contribution in [1.82, 2.24) is 0 Å². The van der Waals surface area contributed by atoms with Crippen molar-refractivity contribution >= 4 is 15.8 Å². The number of sulfone groups is 1. The van der Waals surface area contributed by atoms with Crippen molar-refractivity contribution in [3.8, 4) is 11.1 Å². The first-order valence-electron chi connectivity index (χ1n) is 7.68. The summed E-state index contributed by atoms with van der Waals surface area (Å²) in [6, 6.07) is 22.3. The second-order valence-corrected chi connectivity index (χ2v) is 7.56. The molecule has 5 heteroatoms. The predicted octanol–water partition coefficient (Wildman–Crippen LogP) is 3.81. The fourth-order valence-electron chi connectivity index (χ4n) is 2.61. The molecule has 0 aliphatic heterocycles. The van der Waals surface area contributed by atoms with Gasteiger partial charge in [-0.1, -0.05) is 54.6 Å². The Labute approximate surface area is 146 Å². The molecular formula is C20H16O4S. The Hall–Kier alpha value is -2.92. The van der Waals surface area contributed by atoms with Crippen LogP contribution in [0.1, 0.15) is 5.56 Å². The highest BCUT2D eigenvalue weighted by molar-refractivity contribution is 7.91. The molecule has 0 fully saturated rings. The molecule has 0 saturated carbocycles. The first kappa shape index (κ1) is 16.9.